The Kier molecular flexibility index (Phi) is 6.47. The zero-order valence-electron chi connectivity index (χ0n) is 20.8. The number of ether oxygens (including phenoxy) is 2. The number of amides is 1. The van der Waals surface area contributed by atoms with Crippen LogP contribution in [-0.2, 0) is 0 Å². The predicted octanol–water partition coefficient (Wildman–Crippen LogP) is 5.49. The van der Waals surface area contributed by atoms with Crippen molar-refractivity contribution in [1.82, 2.24) is 14.8 Å². The minimum atomic E-state index is -0.381. The van der Waals surface area contributed by atoms with Crippen LogP contribution in [0.15, 0.2) is 89.9 Å². The molecule has 0 saturated heterocycles. The molecule has 1 amide bonds. The van der Waals surface area contributed by atoms with E-state index in [0.717, 1.165) is 16.7 Å². The summed E-state index contributed by atoms with van der Waals surface area (Å²) >= 11 is 0. The van der Waals surface area contributed by atoms with Gasteiger partial charge in [0, 0.05) is 35.6 Å². The number of hydrogen-bond donors (Lipinski definition) is 1. The molecule has 37 heavy (non-hydrogen) atoms. The molecule has 0 unspecified atom stereocenters. The summed E-state index contributed by atoms with van der Waals surface area (Å²) in [5.74, 6) is 1.63. The monoisotopic (exact) mass is 494 g/mol. The molecule has 0 radical (unpaired) electrons. The number of hydrogen-bond acceptors (Lipinski definition) is 5. The normalized spacial score (nSPS) is 10.9. The lowest BCUT2D eigenvalue weighted by molar-refractivity contribution is 0.0986. The Morgan fingerprint density at radius 3 is 2.43 bits per heavy atom. The van der Waals surface area contributed by atoms with E-state index < -0.39 is 0 Å². The molecular weight excluding hydrogens is 468 g/mol. The van der Waals surface area contributed by atoms with Crippen LogP contribution in [0, 0.1) is 6.92 Å². The fourth-order valence-electron chi connectivity index (χ4n) is 4.27. The van der Waals surface area contributed by atoms with Crippen molar-refractivity contribution in [1.29, 1.82) is 0 Å². The molecule has 0 spiro atoms. The second-order valence-electron chi connectivity index (χ2n) is 8.43. The summed E-state index contributed by atoms with van der Waals surface area (Å²) in [6.45, 7) is 4.00. The van der Waals surface area contributed by atoms with Crippen molar-refractivity contribution in [3.05, 3.63) is 107 Å². The van der Waals surface area contributed by atoms with Gasteiger partial charge in [-0.2, -0.15) is 0 Å². The van der Waals surface area contributed by atoms with Gasteiger partial charge in [0.05, 0.1) is 18.3 Å². The maximum atomic E-state index is 13.5. The van der Waals surface area contributed by atoms with Crippen LogP contribution in [-0.4, -0.2) is 34.3 Å². The van der Waals surface area contributed by atoms with Gasteiger partial charge in [-0.25, -0.2) is 4.68 Å². The number of anilines is 1. The van der Waals surface area contributed by atoms with Crippen LogP contribution in [0.1, 0.15) is 23.0 Å². The number of rotatable bonds is 7. The number of carbonyl (C=O) groups excluding carboxylic acids is 1. The summed E-state index contributed by atoms with van der Waals surface area (Å²) in [5, 5.41) is 3.88. The van der Waals surface area contributed by atoms with Crippen LogP contribution in [0.3, 0.4) is 0 Å². The summed E-state index contributed by atoms with van der Waals surface area (Å²) < 4.78 is 12.8. The number of para-hydroxylation sites is 1. The molecule has 1 N–H and O–H groups in total. The molecule has 0 fully saturated rings. The third-order valence-electron chi connectivity index (χ3n) is 6.15. The number of pyridine rings is 1. The van der Waals surface area contributed by atoms with E-state index in [-0.39, 0.29) is 17.0 Å². The molecule has 8 nitrogen and oxygen atoms in total. The average molecular weight is 495 g/mol. The Labute approximate surface area is 213 Å². The first-order chi connectivity index (χ1) is 18.0. The van der Waals surface area contributed by atoms with E-state index in [1.54, 1.807) is 55.5 Å². The lowest BCUT2D eigenvalue weighted by atomic mass is 10.2. The number of aromatic amines is 1. The number of methoxy groups -OCH3 is 1. The largest absolute Gasteiger partial charge is 0.497 e. The Morgan fingerprint density at radius 2 is 1.73 bits per heavy atom. The Balaban J connectivity index is 1.40. The fraction of sp³-hybridized carbons (Fsp3) is 0.138. The van der Waals surface area contributed by atoms with Crippen molar-refractivity contribution in [2.24, 2.45) is 0 Å². The van der Waals surface area contributed by atoms with E-state index in [9.17, 15) is 9.59 Å². The van der Waals surface area contributed by atoms with Crippen molar-refractivity contribution in [2.45, 2.75) is 13.8 Å². The molecule has 5 aromatic rings. The Hall–Kier alpha value is -4.85. The highest BCUT2D eigenvalue weighted by Crippen LogP contribution is 2.31. The number of nitrogens with zero attached hydrogens (tertiary/aromatic N) is 3. The van der Waals surface area contributed by atoms with Crippen LogP contribution in [0.5, 0.6) is 17.2 Å². The van der Waals surface area contributed by atoms with Crippen LogP contribution in [0.2, 0.25) is 0 Å². The third kappa shape index (κ3) is 4.56. The van der Waals surface area contributed by atoms with Gasteiger partial charge in [0.15, 0.2) is 0 Å². The van der Waals surface area contributed by atoms with E-state index in [1.165, 1.54) is 4.68 Å². The van der Waals surface area contributed by atoms with Gasteiger partial charge in [0.25, 0.3) is 11.5 Å². The van der Waals surface area contributed by atoms with Gasteiger partial charge >= 0.3 is 0 Å². The summed E-state index contributed by atoms with van der Waals surface area (Å²) in [4.78, 5) is 32.6. The van der Waals surface area contributed by atoms with Crippen molar-refractivity contribution in [3.63, 3.8) is 0 Å². The molecule has 0 atom stereocenters. The standard InChI is InChI=1S/C29H26N4O4/c1-4-32(28(34)27-19(2)31-33(29(27)35)21-8-6-5-7-9-21)20-10-12-22(13-11-20)37-26-16-17-30-25-18-23(36-3)14-15-24(25)26/h5-18,31H,4H2,1-3H3. The second-order valence-corrected chi connectivity index (χ2v) is 8.43. The van der Waals surface area contributed by atoms with Crippen molar-refractivity contribution in [3.8, 4) is 22.9 Å². The van der Waals surface area contributed by atoms with E-state index in [2.05, 4.69) is 10.1 Å². The van der Waals surface area contributed by atoms with E-state index in [0.29, 0.717) is 35.1 Å². The van der Waals surface area contributed by atoms with E-state index in [1.807, 2.05) is 55.5 Å². The first-order valence-electron chi connectivity index (χ1n) is 11.9. The second kappa shape index (κ2) is 10.0. The lowest BCUT2D eigenvalue weighted by Crippen LogP contribution is -2.34. The van der Waals surface area contributed by atoms with Gasteiger partial charge < -0.3 is 14.4 Å². The number of fused-ring (bicyclic) bond motifs is 1. The fourth-order valence-corrected chi connectivity index (χ4v) is 4.27. The summed E-state index contributed by atoms with van der Waals surface area (Å²) in [6, 6.07) is 23.8. The SMILES string of the molecule is CCN(C(=O)c1c(C)[nH]n(-c2ccccc2)c1=O)c1ccc(Oc2ccnc3cc(OC)ccc23)cc1. The molecular formula is C29H26N4O4. The average Bonchev–Trinajstić information content (AvgIpc) is 3.23. The van der Waals surface area contributed by atoms with Gasteiger partial charge in [0.1, 0.15) is 22.8 Å². The minimum absolute atomic E-state index is 0.115. The predicted molar refractivity (Wildman–Crippen MR) is 143 cm³/mol. The number of H-pyrrole nitrogens is 1. The quantitative estimate of drug-likeness (QED) is 0.323. The Bertz CT molecular complexity index is 1620. The number of carbonyl (C=O) groups is 1. The van der Waals surface area contributed by atoms with Crippen LogP contribution >= 0.6 is 0 Å². The van der Waals surface area contributed by atoms with Gasteiger partial charge in [-0.05, 0) is 68.4 Å². The highest BCUT2D eigenvalue weighted by Gasteiger charge is 2.25. The van der Waals surface area contributed by atoms with E-state index >= 15 is 0 Å². The number of benzene rings is 3. The molecule has 0 aliphatic carbocycles. The zero-order chi connectivity index (χ0) is 25.9. The molecule has 0 aliphatic rings. The van der Waals surface area contributed by atoms with Gasteiger partial charge in [-0.3, -0.25) is 19.7 Å². The molecule has 5 rings (SSSR count). The first-order valence-corrected chi connectivity index (χ1v) is 11.9. The maximum absolute atomic E-state index is 13.5. The van der Waals surface area contributed by atoms with Crippen molar-refractivity contribution < 1.29 is 14.3 Å². The number of nitrogens with one attached hydrogen (secondary N) is 1. The highest BCUT2D eigenvalue weighted by atomic mass is 16.5. The molecule has 0 saturated carbocycles. The molecule has 0 bridgehead atoms. The van der Waals surface area contributed by atoms with Gasteiger partial charge in [0.2, 0.25) is 0 Å². The third-order valence-corrected chi connectivity index (χ3v) is 6.15. The van der Waals surface area contributed by atoms with Crippen LogP contribution < -0.4 is 19.9 Å². The zero-order valence-corrected chi connectivity index (χ0v) is 20.8. The topological polar surface area (TPSA) is 89.5 Å². The van der Waals surface area contributed by atoms with Gasteiger partial charge in [-0.15, -0.1) is 0 Å². The highest BCUT2D eigenvalue weighted by molar-refractivity contribution is 6.06. The molecule has 2 heterocycles. The molecule has 2 aromatic heterocycles. The summed E-state index contributed by atoms with van der Waals surface area (Å²) in [6.07, 6.45) is 1.68. The molecule has 186 valence electrons. The smallest absolute Gasteiger partial charge is 0.284 e. The molecule has 3 aromatic carbocycles. The summed E-state index contributed by atoms with van der Waals surface area (Å²) in [7, 11) is 1.61. The number of aromatic nitrogens is 3. The van der Waals surface area contributed by atoms with E-state index in [4.69, 9.17) is 9.47 Å². The van der Waals surface area contributed by atoms with Crippen molar-refractivity contribution >= 4 is 22.5 Å². The minimum Gasteiger partial charge on any atom is -0.497 e. The van der Waals surface area contributed by atoms with Crippen LogP contribution in [0.25, 0.3) is 16.6 Å². The maximum Gasteiger partial charge on any atom is 0.284 e. The molecule has 8 heteroatoms. The lowest BCUT2D eigenvalue weighted by Gasteiger charge is -2.21. The molecule has 0 aliphatic heterocycles. The number of aryl methyl sites for hydroxylation is 1. The Morgan fingerprint density at radius 1 is 1.00 bits per heavy atom. The van der Waals surface area contributed by atoms with Crippen LogP contribution in [0.4, 0.5) is 5.69 Å². The summed E-state index contributed by atoms with van der Waals surface area (Å²) in [5.41, 5.74) is 2.34. The van der Waals surface area contributed by atoms with Gasteiger partial charge in [-0.1, -0.05) is 18.2 Å². The first kappa shape index (κ1) is 23.9. The van der Waals surface area contributed by atoms with Crippen molar-refractivity contribution in [2.75, 3.05) is 18.6 Å².